The first kappa shape index (κ1) is 12.1. The summed E-state index contributed by atoms with van der Waals surface area (Å²) in [7, 11) is 0. The topological polar surface area (TPSA) is 32.3 Å². The summed E-state index contributed by atoms with van der Waals surface area (Å²) < 4.78 is 0.909. The Hall–Kier alpha value is -0.390. The van der Waals surface area contributed by atoms with Crippen LogP contribution < -0.4 is 5.32 Å². The third-order valence-corrected chi connectivity index (χ3v) is 4.71. The fourth-order valence-electron chi connectivity index (χ4n) is 2.05. The number of halogens is 1. The highest BCUT2D eigenvalue weighted by Crippen LogP contribution is 2.25. The number of rotatable bonds is 3. The quantitative estimate of drug-likeness (QED) is 0.929. The zero-order valence-electron chi connectivity index (χ0n) is 9.20. The highest BCUT2D eigenvalue weighted by Gasteiger charge is 2.27. The lowest BCUT2D eigenvalue weighted by Gasteiger charge is -2.26. The molecule has 1 aliphatic rings. The summed E-state index contributed by atoms with van der Waals surface area (Å²) >= 11 is 4.92. The van der Waals surface area contributed by atoms with E-state index in [1.807, 2.05) is 23.3 Å². The molecular formula is C11H15BrN2OS. The summed E-state index contributed by atoms with van der Waals surface area (Å²) in [5, 5.41) is 5.24. The monoisotopic (exact) mass is 302 g/mol. The first-order chi connectivity index (χ1) is 7.74. The highest BCUT2D eigenvalue weighted by molar-refractivity contribution is 9.10. The van der Waals surface area contributed by atoms with E-state index in [0.29, 0.717) is 6.04 Å². The first-order valence-corrected chi connectivity index (χ1v) is 7.16. The van der Waals surface area contributed by atoms with Crippen molar-refractivity contribution in [3.05, 3.63) is 20.8 Å². The van der Waals surface area contributed by atoms with Crippen LogP contribution in [0.15, 0.2) is 15.9 Å². The Kier molecular flexibility index (Phi) is 4.00. The van der Waals surface area contributed by atoms with E-state index in [0.717, 1.165) is 35.4 Å². The minimum absolute atomic E-state index is 0.151. The fraction of sp³-hybridized carbons (Fsp3) is 0.545. The normalized spacial score (nSPS) is 20.0. The molecule has 0 radical (unpaired) electrons. The van der Waals surface area contributed by atoms with Gasteiger partial charge in [-0.3, -0.25) is 4.79 Å². The van der Waals surface area contributed by atoms with Crippen molar-refractivity contribution < 1.29 is 4.79 Å². The van der Waals surface area contributed by atoms with Crippen molar-refractivity contribution in [3.8, 4) is 0 Å². The second kappa shape index (κ2) is 5.29. The Morgan fingerprint density at radius 2 is 2.56 bits per heavy atom. The summed E-state index contributed by atoms with van der Waals surface area (Å²) in [6.45, 7) is 4.75. The summed E-state index contributed by atoms with van der Waals surface area (Å²) in [5.41, 5.74) is 0. The molecule has 3 nitrogen and oxygen atoms in total. The van der Waals surface area contributed by atoms with E-state index in [-0.39, 0.29) is 5.91 Å². The minimum atomic E-state index is 0.151. The van der Waals surface area contributed by atoms with E-state index < -0.39 is 0 Å². The van der Waals surface area contributed by atoms with Gasteiger partial charge in [0.2, 0.25) is 0 Å². The van der Waals surface area contributed by atoms with E-state index in [1.54, 1.807) is 0 Å². The first-order valence-electron chi connectivity index (χ1n) is 5.48. The summed E-state index contributed by atoms with van der Waals surface area (Å²) in [6, 6.07) is 2.28. The van der Waals surface area contributed by atoms with Crippen LogP contribution in [0.5, 0.6) is 0 Å². The van der Waals surface area contributed by atoms with Crippen LogP contribution in [0.1, 0.15) is 23.0 Å². The molecule has 1 fully saturated rings. The van der Waals surface area contributed by atoms with Crippen LogP contribution in [-0.4, -0.2) is 36.5 Å². The van der Waals surface area contributed by atoms with Gasteiger partial charge in [-0.1, -0.05) is 0 Å². The van der Waals surface area contributed by atoms with Crippen molar-refractivity contribution in [2.24, 2.45) is 0 Å². The maximum Gasteiger partial charge on any atom is 0.265 e. The predicted octanol–water partition coefficient (Wildman–Crippen LogP) is 2.33. The molecule has 1 N–H and O–H groups in total. The van der Waals surface area contributed by atoms with Gasteiger partial charge in [0.05, 0.1) is 0 Å². The van der Waals surface area contributed by atoms with Crippen LogP contribution in [0.2, 0.25) is 0 Å². The number of hydrogen-bond donors (Lipinski definition) is 1. The van der Waals surface area contributed by atoms with Gasteiger partial charge in [0.1, 0.15) is 4.88 Å². The average Bonchev–Trinajstić information content (AvgIpc) is 2.90. The van der Waals surface area contributed by atoms with Gasteiger partial charge < -0.3 is 10.2 Å². The van der Waals surface area contributed by atoms with Crippen LogP contribution in [0.25, 0.3) is 0 Å². The van der Waals surface area contributed by atoms with Gasteiger partial charge in [0.15, 0.2) is 0 Å². The number of thiophene rings is 1. The van der Waals surface area contributed by atoms with Crippen molar-refractivity contribution >= 4 is 33.2 Å². The Bertz CT molecular complexity index is 374. The molecule has 88 valence electrons. The number of likely N-dealkylation sites (N-methyl/N-ethyl adjacent to an activating group) is 1. The number of hydrogen-bond acceptors (Lipinski definition) is 3. The molecule has 5 heteroatoms. The average molecular weight is 303 g/mol. The maximum absolute atomic E-state index is 12.3. The highest BCUT2D eigenvalue weighted by atomic mass is 79.9. The molecule has 1 aromatic rings. The van der Waals surface area contributed by atoms with E-state index in [2.05, 4.69) is 21.2 Å². The Balaban J connectivity index is 2.15. The smallest absolute Gasteiger partial charge is 0.265 e. The summed E-state index contributed by atoms with van der Waals surface area (Å²) in [5.74, 6) is 0.151. The molecule has 1 amide bonds. The zero-order chi connectivity index (χ0) is 11.5. The molecule has 1 aromatic heterocycles. The second-order valence-electron chi connectivity index (χ2n) is 3.84. The SMILES string of the molecule is CCN(C(=O)c1sccc1Br)C1CCNC1. The molecule has 1 atom stereocenters. The Morgan fingerprint density at radius 3 is 3.06 bits per heavy atom. The fourth-order valence-corrected chi connectivity index (χ4v) is 3.55. The molecular weight excluding hydrogens is 288 g/mol. The minimum Gasteiger partial charge on any atom is -0.334 e. The number of carbonyl (C=O) groups excluding carboxylic acids is 1. The zero-order valence-corrected chi connectivity index (χ0v) is 11.6. The van der Waals surface area contributed by atoms with Crippen LogP contribution in [0.3, 0.4) is 0 Å². The number of amides is 1. The van der Waals surface area contributed by atoms with E-state index in [1.165, 1.54) is 11.3 Å². The molecule has 0 aliphatic carbocycles. The number of nitrogens with one attached hydrogen (secondary N) is 1. The van der Waals surface area contributed by atoms with Crippen molar-refractivity contribution in [1.82, 2.24) is 10.2 Å². The molecule has 16 heavy (non-hydrogen) atoms. The van der Waals surface area contributed by atoms with E-state index in [4.69, 9.17) is 0 Å². The molecule has 1 unspecified atom stereocenters. The maximum atomic E-state index is 12.3. The van der Waals surface area contributed by atoms with Crippen LogP contribution >= 0.6 is 27.3 Å². The van der Waals surface area contributed by atoms with Crippen LogP contribution in [-0.2, 0) is 0 Å². The predicted molar refractivity (Wildman–Crippen MR) is 70.0 cm³/mol. The van der Waals surface area contributed by atoms with E-state index in [9.17, 15) is 4.79 Å². The molecule has 2 heterocycles. The Labute approximate surface area is 108 Å². The molecule has 0 bridgehead atoms. The molecule has 0 saturated carbocycles. The third kappa shape index (κ3) is 2.31. The molecule has 2 rings (SSSR count). The van der Waals surface area contributed by atoms with Crippen molar-refractivity contribution in [1.29, 1.82) is 0 Å². The lowest BCUT2D eigenvalue weighted by atomic mass is 10.2. The standard InChI is InChI=1S/C11H15BrN2OS/c1-2-14(8-3-5-13-7-8)11(15)10-9(12)4-6-16-10/h4,6,8,13H,2-3,5,7H2,1H3. The van der Waals surface area contributed by atoms with E-state index >= 15 is 0 Å². The number of nitrogens with zero attached hydrogens (tertiary/aromatic N) is 1. The van der Waals surface area contributed by atoms with Gasteiger partial charge >= 0.3 is 0 Å². The van der Waals surface area contributed by atoms with Gasteiger partial charge in [0.25, 0.3) is 5.91 Å². The summed E-state index contributed by atoms with van der Waals surface area (Å²) in [6.07, 6.45) is 1.06. The second-order valence-corrected chi connectivity index (χ2v) is 5.61. The lowest BCUT2D eigenvalue weighted by Crippen LogP contribution is -2.41. The summed E-state index contributed by atoms with van der Waals surface area (Å²) in [4.78, 5) is 15.1. The van der Waals surface area contributed by atoms with Gasteiger partial charge in [0, 0.05) is 23.6 Å². The largest absolute Gasteiger partial charge is 0.334 e. The number of carbonyl (C=O) groups is 1. The van der Waals surface area contributed by atoms with Gasteiger partial charge in [-0.05, 0) is 47.3 Å². The van der Waals surface area contributed by atoms with Gasteiger partial charge in [-0.2, -0.15) is 0 Å². The lowest BCUT2D eigenvalue weighted by molar-refractivity contribution is 0.0708. The molecule has 0 spiro atoms. The van der Waals surface area contributed by atoms with Gasteiger partial charge in [-0.15, -0.1) is 11.3 Å². The van der Waals surface area contributed by atoms with Crippen molar-refractivity contribution in [2.75, 3.05) is 19.6 Å². The molecule has 1 saturated heterocycles. The van der Waals surface area contributed by atoms with Gasteiger partial charge in [-0.25, -0.2) is 0 Å². The van der Waals surface area contributed by atoms with Crippen LogP contribution in [0, 0.1) is 0 Å². The molecule has 0 aromatic carbocycles. The van der Waals surface area contributed by atoms with Crippen molar-refractivity contribution in [2.45, 2.75) is 19.4 Å². The third-order valence-electron chi connectivity index (χ3n) is 2.89. The molecule has 1 aliphatic heterocycles. The van der Waals surface area contributed by atoms with Crippen LogP contribution in [0.4, 0.5) is 0 Å². The van der Waals surface area contributed by atoms with Crippen molar-refractivity contribution in [3.63, 3.8) is 0 Å². The Morgan fingerprint density at radius 1 is 1.75 bits per heavy atom.